The van der Waals surface area contributed by atoms with Gasteiger partial charge < -0.3 is 4.74 Å². The fourth-order valence-electron chi connectivity index (χ4n) is 2.76. The molecule has 0 aromatic carbocycles. The Morgan fingerprint density at radius 2 is 2.13 bits per heavy atom. The fourth-order valence-corrected chi connectivity index (χ4v) is 2.76. The molecule has 2 unspecified atom stereocenters. The zero-order chi connectivity index (χ0) is 11.1. The van der Waals surface area contributed by atoms with Crippen molar-refractivity contribution >= 4 is 5.97 Å². The summed E-state index contributed by atoms with van der Waals surface area (Å²) in [6.45, 7) is 5.72. The van der Waals surface area contributed by atoms with Crippen molar-refractivity contribution in [2.24, 2.45) is 11.8 Å². The number of hydrogen-bond donors (Lipinski definition) is 0. The normalized spacial score (nSPS) is 32.3. The van der Waals surface area contributed by atoms with Gasteiger partial charge >= 0.3 is 5.97 Å². The van der Waals surface area contributed by atoms with Gasteiger partial charge in [-0.25, -0.2) is 4.79 Å². The minimum absolute atomic E-state index is 0.162. The van der Waals surface area contributed by atoms with E-state index in [4.69, 9.17) is 4.74 Å². The highest BCUT2D eigenvalue weighted by Gasteiger charge is 2.35. The van der Waals surface area contributed by atoms with Crippen LogP contribution in [0.25, 0.3) is 0 Å². The van der Waals surface area contributed by atoms with Gasteiger partial charge in [-0.3, -0.25) is 0 Å². The smallest absolute Gasteiger partial charge is 0.331 e. The highest BCUT2D eigenvalue weighted by atomic mass is 16.6. The average Bonchev–Trinajstić information content (AvgIpc) is 2.60. The van der Waals surface area contributed by atoms with Crippen LogP contribution in [0.4, 0.5) is 0 Å². The second-order valence-corrected chi connectivity index (χ2v) is 5.83. The van der Waals surface area contributed by atoms with Crippen molar-refractivity contribution in [3.8, 4) is 0 Å². The van der Waals surface area contributed by atoms with Crippen molar-refractivity contribution in [1.29, 1.82) is 0 Å². The molecule has 0 N–H and O–H groups in total. The zero-order valence-electron chi connectivity index (χ0n) is 9.88. The van der Waals surface area contributed by atoms with E-state index >= 15 is 0 Å². The Labute approximate surface area is 91.7 Å². The number of ether oxygens (including phenoxy) is 1. The van der Waals surface area contributed by atoms with Crippen molar-refractivity contribution in [2.45, 2.75) is 52.1 Å². The molecule has 2 aliphatic carbocycles. The molecule has 2 aliphatic rings. The van der Waals surface area contributed by atoms with E-state index in [9.17, 15) is 4.79 Å². The number of fused-ring (bicyclic) bond motifs is 2. The van der Waals surface area contributed by atoms with E-state index in [1.165, 1.54) is 24.8 Å². The van der Waals surface area contributed by atoms with Crippen LogP contribution in [0.3, 0.4) is 0 Å². The summed E-state index contributed by atoms with van der Waals surface area (Å²) in [6.07, 6.45) is 6.81. The molecule has 2 atom stereocenters. The van der Waals surface area contributed by atoms with Gasteiger partial charge in [0.2, 0.25) is 0 Å². The van der Waals surface area contributed by atoms with Crippen molar-refractivity contribution in [3.63, 3.8) is 0 Å². The molecule has 2 rings (SSSR count). The third-order valence-electron chi connectivity index (χ3n) is 3.30. The summed E-state index contributed by atoms with van der Waals surface area (Å²) in [7, 11) is 0. The van der Waals surface area contributed by atoms with Crippen molar-refractivity contribution < 1.29 is 9.53 Å². The molecule has 0 radical (unpaired) electrons. The van der Waals surface area contributed by atoms with Crippen molar-refractivity contribution in [1.82, 2.24) is 0 Å². The summed E-state index contributed by atoms with van der Waals surface area (Å²) in [5, 5.41) is 0. The lowest BCUT2D eigenvalue weighted by Gasteiger charge is -2.19. The molecule has 0 saturated heterocycles. The first-order valence-electron chi connectivity index (χ1n) is 5.87. The van der Waals surface area contributed by atoms with Crippen LogP contribution in [0.1, 0.15) is 46.5 Å². The Bertz CT molecular complexity index is 296. The number of esters is 1. The summed E-state index contributed by atoms with van der Waals surface area (Å²) >= 11 is 0. The first-order chi connectivity index (χ1) is 6.94. The Morgan fingerprint density at radius 1 is 1.40 bits per heavy atom. The van der Waals surface area contributed by atoms with E-state index in [1.807, 2.05) is 20.8 Å². The lowest BCUT2D eigenvalue weighted by Crippen LogP contribution is -2.23. The Morgan fingerprint density at radius 3 is 2.60 bits per heavy atom. The first-order valence-corrected chi connectivity index (χ1v) is 5.87. The minimum Gasteiger partial charge on any atom is -0.457 e. The lowest BCUT2D eigenvalue weighted by atomic mass is 9.94. The number of carbonyl (C=O) groups is 1. The topological polar surface area (TPSA) is 26.3 Å². The van der Waals surface area contributed by atoms with Crippen molar-refractivity contribution in [2.75, 3.05) is 0 Å². The van der Waals surface area contributed by atoms with Gasteiger partial charge in [0.1, 0.15) is 5.60 Å². The van der Waals surface area contributed by atoms with Gasteiger partial charge in [-0.2, -0.15) is 0 Å². The van der Waals surface area contributed by atoms with Crippen LogP contribution in [-0.2, 0) is 9.53 Å². The predicted molar refractivity (Wildman–Crippen MR) is 59.4 cm³/mol. The molecule has 15 heavy (non-hydrogen) atoms. The van der Waals surface area contributed by atoms with Gasteiger partial charge in [0, 0.05) is 6.08 Å². The van der Waals surface area contributed by atoms with Gasteiger partial charge in [-0.15, -0.1) is 0 Å². The van der Waals surface area contributed by atoms with Crippen LogP contribution in [0.2, 0.25) is 0 Å². The molecule has 2 nitrogen and oxygen atoms in total. The molecular formula is C13H20O2. The molecule has 0 aliphatic heterocycles. The van der Waals surface area contributed by atoms with E-state index in [0.717, 1.165) is 12.3 Å². The molecule has 0 aromatic heterocycles. The average molecular weight is 208 g/mol. The number of rotatable bonds is 1. The standard InChI is InChI=1S/C13H20O2/c1-13(2,3)15-12(14)8-11-7-9-4-5-10(11)6-9/h8-10H,4-7H2,1-3H3/b11-8+. The maximum Gasteiger partial charge on any atom is 0.331 e. The second kappa shape index (κ2) is 3.66. The van der Waals surface area contributed by atoms with Crippen LogP contribution in [0.15, 0.2) is 11.6 Å². The fraction of sp³-hybridized carbons (Fsp3) is 0.769. The maximum absolute atomic E-state index is 11.6. The van der Waals surface area contributed by atoms with E-state index in [2.05, 4.69) is 0 Å². The van der Waals surface area contributed by atoms with Gasteiger partial charge in [0.05, 0.1) is 0 Å². The van der Waals surface area contributed by atoms with Gasteiger partial charge in [0.15, 0.2) is 0 Å². The van der Waals surface area contributed by atoms with E-state index < -0.39 is 0 Å². The number of hydrogen-bond acceptors (Lipinski definition) is 2. The Hall–Kier alpha value is -0.790. The summed E-state index contributed by atoms with van der Waals surface area (Å²) in [4.78, 5) is 11.6. The monoisotopic (exact) mass is 208 g/mol. The molecule has 2 saturated carbocycles. The van der Waals surface area contributed by atoms with E-state index in [-0.39, 0.29) is 11.6 Å². The first kappa shape index (κ1) is 10.7. The maximum atomic E-state index is 11.6. The largest absolute Gasteiger partial charge is 0.457 e. The molecular weight excluding hydrogens is 188 g/mol. The summed E-state index contributed by atoms with van der Waals surface area (Å²) in [6, 6.07) is 0. The van der Waals surface area contributed by atoms with Crippen LogP contribution < -0.4 is 0 Å². The second-order valence-electron chi connectivity index (χ2n) is 5.83. The van der Waals surface area contributed by atoms with E-state index in [0.29, 0.717) is 5.92 Å². The lowest BCUT2D eigenvalue weighted by molar-refractivity contribution is -0.148. The summed E-state index contributed by atoms with van der Waals surface area (Å²) < 4.78 is 5.29. The Balaban J connectivity index is 1.96. The van der Waals surface area contributed by atoms with Crippen LogP contribution >= 0.6 is 0 Å². The third-order valence-corrected chi connectivity index (χ3v) is 3.30. The van der Waals surface area contributed by atoms with Crippen LogP contribution in [-0.4, -0.2) is 11.6 Å². The van der Waals surface area contributed by atoms with Gasteiger partial charge in [-0.05, 0) is 58.3 Å². The Kier molecular flexibility index (Phi) is 2.61. The molecule has 2 bridgehead atoms. The number of allylic oxidation sites excluding steroid dienone is 1. The predicted octanol–water partition coefficient (Wildman–Crippen LogP) is 3.07. The molecule has 2 fully saturated rings. The quantitative estimate of drug-likeness (QED) is 0.489. The molecule has 84 valence electrons. The molecule has 0 amide bonds. The van der Waals surface area contributed by atoms with Crippen LogP contribution in [0, 0.1) is 11.8 Å². The molecule has 0 spiro atoms. The highest BCUT2D eigenvalue weighted by molar-refractivity contribution is 5.83. The van der Waals surface area contributed by atoms with Gasteiger partial charge in [-0.1, -0.05) is 5.57 Å². The SMILES string of the molecule is CC(C)(C)OC(=O)/C=C1\CC2CCC1C2. The summed E-state index contributed by atoms with van der Waals surface area (Å²) in [5.74, 6) is 1.37. The third kappa shape index (κ3) is 2.61. The van der Waals surface area contributed by atoms with E-state index in [1.54, 1.807) is 6.08 Å². The van der Waals surface area contributed by atoms with Crippen LogP contribution in [0.5, 0.6) is 0 Å². The highest BCUT2D eigenvalue weighted by Crippen LogP contribution is 2.47. The molecule has 2 heteroatoms. The van der Waals surface area contributed by atoms with Crippen molar-refractivity contribution in [3.05, 3.63) is 11.6 Å². The zero-order valence-corrected chi connectivity index (χ0v) is 9.88. The minimum atomic E-state index is -0.369. The van der Waals surface area contributed by atoms with Gasteiger partial charge in [0.25, 0.3) is 0 Å². The summed E-state index contributed by atoms with van der Waals surface area (Å²) in [5.41, 5.74) is 0.965. The number of carbonyl (C=O) groups excluding carboxylic acids is 1. The molecule has 0 heterocycles. The molecule has 0 aromatic rings.